The van der Waals surface area contributed by atoms with Crippen LogP contribution in [0.2, 0.25) is 5.02 Å². The maximum absolute atomic E-state index is 13.1. The molecule has 0 fully saturated rings. The molecule has 1 amide bonds. The number of rotatable bonds is 5. The molecule has 1 aromatic heterocycles. The Labute approximate surface area is 187 Å². The minimum absolute atomic E-state index is 0.0697. The molecule has 0 unspecified atom stereocenters. The van der Waals surface area contributed by atoms with Crippen molar-refractivity contribution in [2.24, 2.45) is 4.99 Å². The number of fused-ring (bicyclic) bond motifs is 1. The molecule has 0 saturated heterocycles. The second-order valence-electron chi connectivity index (χ2n) is 6.79. The van der Waals surface area contributed by atoms with Crippen molar-refractivity contribution in [3.8, 4) is 5.75 Å². The number of carboxylic acid groups (broad SMARTS) is 1. The summed E-state index contributed by atoms with van der Waals surface area (Å²) >= 11 is 5.91. The van der Waals surface area contributed by atoms with Crippen LogP contribution in [0.15, 0.2) is 82.2 Å². The monoisotopic (exact) mass is 448 g/mol. The smallest absolute Gasteiger partial charge is 0.335 e. The van der Waals surface area contributed by atoms with Crippen molar-refractivity contribution in [2.45, 2.75) is 0 Å². The van der Waals surface area contributed by atoms with E-state index in [-0.39, 0.29) is 16.7 Å². The molecule has 1 heterocycles. The number of benzene rings is 3. The molecule has 4 aromatic rings. The second kappa shape index (κ2) is 8.95. The lowest BCUT2D eigenvalue weighted by Gasteiger charge is -2.08. The Morgan fingerprint density at radius 1 is 1.00 bits per heavy atom. The number of amides is 1. The number of methoxy groups -OCH3 is 1. The molecule has 160 valence electrons. The molecule has 4 rings (SSSR count). The normalized spacial score (nSPS) is 11.4. The first-order chi connectivity index (χ1) is 15.4. The number of carbonyl (C=O) groups is 2. The largest absolute Gasteiger partial charge is 0.497 e. The van der Waals surface area contributed by atoms with Gasteiger partial charge in [0.25, 0.3) is 5.91 Å². The summed E-state index contributed by atoms with van der Waals surface area (Å²) in [6.45, 7) is 0. The number of carboxylic acids is 1. The van der Waals surface area contributed by atoms with Gasteiger partial charge < -0.3 is 19.6 Å². The fraction of sp³-hybridized carbons (Fsp3) is 0.0417. The van der Waals surface area contributed by atoms with Crippen molar-refractivity contribution < 1.29 is 23.8 Å². The van der Waals surface area contributed by atoms with Crippen LogP contribution in [0.5, 0.6) is 5.75 Å². The minimum Gasteiger partial charge on any atom is -0.497 e. The van der Waals surface area contributed by atoms with Gasteiger partial charge in [-0.25, -0.2) is 9.79 Å². The summed E-state index contributed by atoms with van der Waals surface area (Å²) < 4.78 is 11.2. The molecule has 0 radical (unpaired) electrons. The number of nitrogens with zero attached hydrogens (tertiary/aromatic N) is 1. The zero-order valence-electron chi connectivity index (χ0n) is 16.8. The topological polar surface area (TPSA) is 101 Å². The molecular weight excluding hydrogens is 432 g/mol. The summed E-state index contributed by atoms with van der Waals surface area (Å²) in [5.41, 5.74) is 1.88. The van der Waals surface area contributed by atoms with Gasteiger partial charge in [0.1, 0.15) is 16.9 Å². The SMILES string of the molecule is COc1ccc2cc(C(=O)Nc3ccc(Cl)cc3)c(=Nc3ccc(C(=O)O)cc3)oc2c1. The minimum atomic E-state index is -1.04. The van der Waals surface area contributed by atoms with Gasteiger partial charge in [-0.05, 0) is 66.7 Å². The predicted octanol–water partition coefficient (Wildman–Crippen LogP) is 5.28. The van der Waals surface area contributed by atoms with Gasteiger partial charge in [-0.2, -0.15) is 0 Å². The molecule has 32 heavy (non-hydrogen) atoms. The molecule has 0 saturated carbocycles. The molecule has 0 atom stereocenters. The van der Waals surface area contributed by atoms with Crippen molar-refractivity contribution in [1.29, 1.82) is 0 Å². The van der Waals surface area contributed by atoms with E-state index in [1.807, 2.05) is 0 Å². The van der Waals surface area contributed by atoms with Crippen LogP contribution in [0.25, 0.3) is 11.0 Å². The van der Waals surface area contributed by atoms with E-state index in [2.05, 4.69) is 10.3 Å². The first kappa shape index (κ1) is 21.1. The van der Waals surface area contributed by atoms with Crippen LogP contribution in [0.1, 0.15) is 20.7 Å². The van der Waals surface area contributed by atoms with Crippen LogP contribution >= 0.6 is 11.6 Å². The van der Waals surface area contributed by atoms with E-state index in [9.17, 15) is 9.59 Å². The van der Waals surface area contributed by atoms with Crippen molar-refractivity contribution in [1.82, 2.24) is 0 Å². The highest BCUT2D eigenvalue weighted by atomic mass is 35.5. The van der Waals surface area contributed by atoms with Crippen molar-refractivity contribution in [3.63, 3.8) is 0 Å². The van der Waals surface area contributed by atoms with Crippen LogP contribution < -0.4 is 15.6 Å². The maximum Gasteiger partial charge on any atom is 0.335 e. The summed E-state index contributed by atoms with van der Waals surface area (Å²) in [7, 11) is 1.55. The van der Waals surface area contributed by atoms with Crippen LogP contribution in [-0.2, 0) is 0 Å². The summed E-state index contributed by atoms with van der Waals surface area (Å²) in [6, 6.07) is 19.6. The van der Waals surface area contributed by atoms with Gasteiger partial charge in [-0.1, -0.05) is 11.6 Å². The lowest BCUT2D eigenvalue weighted by atomic mass is 10.1. The molecular formula is C24H17ClN2O5. The number of hydrogen-bond donors (Lipinski definition) is 2. The van der Waals surface area contributed by atoms with Gasteiger partial charge in [0.15, 0.2) is 0 Å². The molecule has 0 aliphatic carbocycles. The van der Waals surface area contributed by atoms with E-state index in [1.54, 1.807) is 55.6 Å². The van der Waals surface area contributed by atoms with E-state index in [0.29, 0.717) is 33.1 Å². The lowest BCUT2D eigenvalue weighted by molar-refractivity contribution is 0.0696. The van der Waals surface area contributed by atoms with Gasteiger partial charge in [0.2, 0.25) is 5.55 Å². The van der Waals surface area contributed by atoms with Crippen LogP contribution in [0.4, 0.5) is 11.4 Å². The Hall–Kier alpha value is -4.10. The van der Waals surface area contributed by atoms with Crippen molar-refractivity contribution >= 4 is 45.8 Å². The highest BCUT2D eigenvalue weighted by molar-refractivity contribution is 6.30. The summed E-state index contributed by atoms with van der Waals surface area (Å²) in [5.74, 6) is -0.867. The lowest BCUT2D eigenvalue weighted by Crippen LogP contribution is -2.21. The first-order valence-corrected chi connectivity index (χ1v) is 9.87. The predicted molar refractivity (Wildman–Crippen MR) is 121 cm³/mol. The third-order valence-electron chi connectivity index (χ3n) is 4.65. The molecule has 0 bridgehead atoms. The van der Waals surface area contributed by atoms with E-state index < -0.39 is 11.9 Å². The molecule has 0 aliphatic rings. The molecule has 3 aromatic carbocycles. The van der Waals surface area contributed by atoms with Gasteiger partial charge in [-0.15, -0.1) is 0 Å². The number of ether oxygens (including phenoxy) is 1. The molecule has 8 heteroatoms. The first-order valence-electron chi connectivity index (χ1n) is 9.50. The van der Waals surface area contributed by atoms with Crippen LogP contribution in [-0.4, -0.2) is 24.1 Å². The van der Waals surface area contributed by atoms with Gasteiger partial charge in [-0.3, -0.25) is 4.79 Å². The highest BCUT2D eigenvalue weighted by Crippen LogP contribution is 2.22. The van der Waals surface area contributed by atoms with Gasteiger partial charge in [0.05, 0.1) is 18.4 Å². The van der Waals surface area contributed by atoms with Gasteiger partial charge in [0, 0.05) is 22.2 Å². The quantitative estimate of drug-likeness (QED) is 0.432. The summed E-state index contributed by atoms with van der Waals surface area (Å²) in [5, 5.41) is 13.1. The molecule has 2 N–H and O–H groups in total. The standard InChI is InChI=1S/C24H17ClN2O5/c1-31-19-11-4-15-12-20(22(28)26-17-9-5-16(25)6-10-17)23(32-21(15)13-19)27-18-7-2-14(3-8-18)24(29)30/h2-13H,1H3,(H,26,28)(H,29,30). The molecule has 0 spiro atoms. The Kier molecular flexibility index (Phi) is 5.91. The Morgan fingerprint density at radius 3 is 2.38 bits per heavy atom. The van der Waals surface area contributed by atoms with Crippen molar-refractivity contribution in [2.75, 3.05) is 12.4 Å². The summed E-state index contributed by atoms with van der Waals surface area (Å²) in [6.07, 6.45) is 0. The van der Waals surface area contributed by atoms with Gasteiger partial charge >= 0.3 is 5.97 Å². The van der Waals surface area contributed by atoms with E-state index in [1.165, 1.54) is 24.3 Å². The van der Waals surface area contributed by atoms with Crippen LogP contribution in [0.3, 0.4) is 0 Å². The average Bonchev–Trinajstić information content (AvgIpc) is 2.80. The maximum atomic E-state index is 13.1. The third kappa shape index (κ3) is 4.63. The number of anilines is 1. The average molecular weight is 449 g/mol. The number of carbonyl (C=O) groups excluding carboxylic acids is 1. The second-order valence-corrected chi connectivity index (χ2v) is 7.23. The Balaban J connectivity index is 1.82. The summed E-state index contributed by atoms with van der Waals surface area (Å²) in [4.78, 5) is 28.6. The van der Waals surface area contributed by atoms with Crippen molar-refractivity contribution in [3.05, 3.63) is 94.5 Å². The van der Waals surface area contributed by atoms with E-state index in [0.717, 1.165) is 0 Å². The number of halogens is 1. The number of aromatic carboxylic acids is 1. The molecule has 0 aliphatic heterocycles. The third-order valence-corrected chi connectivity index (χ3v) is 4.90. The number of hydrogen-bond acceptors (Lipinski definition) is 5. The van der Waals surface area contributed by atoms with Crippen LogP contribution in [0, 0.1) is 0 Å². The fourth-order valence-electron chi connectivity index (χ4n) is 3.00. The number of nitrogens with one attached hydrogen (secondary N) is 1. The fourth-order valence-corrected chi connectivity index (χ4v) is 3.12. The van der Waals surface area contributed by atoms with E-state index >= 15 is 0 Å². The Morgan fingerprint density at radius 2 is 1.72 bits per heavy atom. The molecule has 7 nitrogen and oxygen atoms in total. The van der Waals surface area contributed by atoms with E-state index in [4.69, 9.17) is 25.9 Å². The zero-order chi connectivity index (χ0) is 22.7. The Bertz CT molecular complexity index is 1380. The highest BCUT2D eigenvalue weighted by Gasteiger charge is 2.14. The zero-order valence-corrected chi connectivity index (χ0v) is 17.6.